The molecule has 2 N–H and O–H groups in total. The molecular formula is C14H17ClN2O4. The van der Waals surface area contributed by atoms with E-state index in [0.29, 0.717) is 48.6 Å². The topological polar surface area (TPSA) is 68.8 Å². The molecule has 1 aromatic carbocycles. The van der Waals surface area contributed by atoms with Crippen LogP contribution in [0.5, 0.6) is 11.5 Å². The molecule has 1 aromatic rings. The van der Waals surface area contributed by atoms with Crippen molar-refractivity contribution in [2.24, 2.45) is 0 Å². The van der Waals surface area contributed by atoms with Crippen LogP contribution in [0.1, 0.15) is 6.92 Å². The van der Waals surface area contributed by atoms with E-state index in [4.69, 9.17) is 25.8 Å². The first-order valence-corrected chi connectivity index (χ1v) is 7.28. The quantitative estimate of drug-likeness (QED) is 0.864. The number of hydrogen-bond acceptors (Lipinski definition) is 5. The fourth-order valence-electron chi connectivity index (χ4n) is 2.40. The van der Waals surface area contributed by atoms with E-state index in [1.807, 2.05) is 6.92 Å². The van der Waals surface area contributed by atoms with E-state index in [2.05, 4.69) is 10.6 Å². The Morgan fingerprint density at radius 2 is 2.00 bits per heavy atom. The van der Waals surface area contributed by atoms with Gasteiger partial charge >= 0.3 is 0 Å². The molecule has 2 aliphatic heterocycles. The number of rotatable bonds is 2. The van der Waals surface area contributed by atoms with Gasteiger partial charge < -0.3 is 24.8 Å². The van der Waals surface area contributed by atoms with E-state index >= 15 is 0 Å². The smallest absolute Gasteiger partial charge is 0.244 e. The average Bonchev–Trinajstić information content (AvgIpc) is 2.48. The lowest BCUT2D eigenvalue weighted by Gasteiger charge is -2.29. The fourth-order valence-corrected chi connectivity index (χ4v) is 2.60. The minimum atomic E-state index is -0.400. The largest absolute Gasteiger partial charge is 0.486 e. The number of morpholine rings is 1. The first-order valence-electron chi connectivity index (χ1n) is 6.90. The van der Waals surface area contributed by atoms with Gasteiger partial charge in [0.15, 0.2) is 11.5 Å². The van der Waals surface area contributed by atoms with Crippen LogP contribution in [0.25, 0.3) is 0 Å². The molecule has 7 heteroatoms. The van der Waals surface area contributed by atoms with Gasteiger partial charge in [-0.15, -0.1) is 0 Å². The van der Waals surface area contributed by atoms with Crippen LogP contribution in [0.3, 0.4) is 0 Å². The minimum Gasteiger partial charge on any atom is -0.486 e. The molecule has 0 saturated carbocycles. The van der Waals surface area contributed by atoms with Gasteiger partial charge in [-0.3, -0.25) is 4.79 Å². The van der Waals surface area contributed by atoms with Crippen LogP contribution in [-0.2, 0) is 9.53 Å². The first kappa shape index (κ1) is 14.4. The number of benzene rings is 1. The molecule has 1 amide bonds. The summed E-state index contributed by atoms with van der Waals surface area (Å²) in [6.45, 7) is 4.10. The van der Waals surface area contributed by atoms with Crippen LogP contribution < -0.4 is 20.1 Å². The molecule has 0 spiro atoms. The van der Waals surface area contributed by atoms with Crippen molar-refractivity contribution in [3.05, 3.63) is 17.2 Å². The van der Waals surface area contributed by atoms with Crippen LogP contribution in [-0.4, -0.2) is 44.4 Å². The molecule has 0 unspecified atom stereocenters. The summed E-state index contributed by atoms with van der Waals surface area (Å²) in [6.07, 6.45) is -0.185. The van der Waals surface area contributed by atoms with Crippen molar-refractivity contribution in [3.8, 4) is 11.5 Å². The second-order valence-electron chi connectivity index (χ2n) is 4.97. The van der Waals surface area contributed by atoms with E-state index in [1.165, 1.54) is 0 Å². The van der Waals surface area contributed by atoms with Crippen LogP contribution in [0.2, 0.25) is 5.02 Å². The van der Waals surface area contributed by atoms with E-state index in [1.54, 1.807) is 12.1 Å². The van der Waals surface area contributed by atoms with E-state index in [0.717, 1.165) is 0 Å². The molecule has 6 nitrogen and oxygen atoms in total. The Kier molecular flexibility index (Phi) is 4.19. The second kappa shape index (κ2) is 6.09. The Morgan fingerprint density at radius 3 is 2.71 bits per heavy atom. The predicted octanol–water partition coefficient (Wildman–Crippen LogP) is 1.43. The van der Waals surface area contributed by atoms with Gasteiger partial charge in [0.05, 0.1) is 23.4 Å². The minimum absolute atomic E-state index is 0.180. The zero-order chi connectivity index (χ0) is 14.8. The molecular weight excluding hydrogens is 296 g/mol. The third kappa shape index (κ3) is 3.07. The summed E-state index contributed by atoms with van der Waals surface area (Å²) in [6, 6.07) is 2.94. The maximum absolute atomic E-state index is 12.3. The van der Waals surface area contributed by atoms with Gasteiger partial charge in [-0.05, 0) is 6.92 Å². The summed E-state index contributed by atoms with van der Waals surface area (Å²) in [4.78, 5) is 12.3. The van der Waals surface area contributed by atoms with Gasteiger partial charge in [-0.1, -0.05) is 11.6 Å². The van der Waals surface area contributed by atoms with Crippen LogP contribution in [0.15, 0.2) is 12.1 Å². The van der Waals surface area contributed by atoms with Gasteiger partial charge in [0.1, 0.15) is 19.3 Å². The molecule has 3 rings (SSSR count). The Labute approximate surface area is 127 Å². The van der Waals surface area contributed by atoms with Crippen LogP contribution in [0, 0.1) is 0 Å². The Bertz CT molecular complexity index is 552. The highest BCUT2D eigenvalue weighted by molar-refractivity contribution is 6.34. The Hall–Kier alpha value is -1.50. The van der Waals surface area contributed by atoms with Crippen LogP contribution >= 0.6 is 11.6 Å². The first-order chi connectivity index (χ1) is 10.1. The number of ether oxygens (including phenoxy) is 3. The van der Waals surface area contributed by atoms with E-state index < -0.39 is 6.04 Å². The molecule has 0 aromatic heterocycles. The summed E-state index contributed by atoms with van der Waals surface area (Å²) >= 11 is 6.18. The normalized spacial score (nSPS) is 24.5. The molecule has 0 aliphatic carbocycles. The van der Waals surface area contributed by atoms with E-state index in [-0.39, 0.29) is 12.0 Å². The number of nitrogens with one attached hydrogen (secondary N) is 2. The lowest BCUT2D eigenvalue weighted by molar-refractivity contribution is -0.123. The van der Waals surface area contributed by atoms with Gasteiger partial charge in [0, 0.05) is 18.7 Å². The summed E-state index contributed by atoms with van der Waals surface area (Å²) in [5.41, 5.74) is 0.505. The fraction of sp³-hybridized carbons (Fsp3) is 0.500. The third-order valence-corrected chi connectivity index (χ3v) is 3.80. The summed E-state index contributed by atoms with van der Waals surface area (Å²) in [7, 11) is 0. The number of carbonyl (C=O) groups excluding carboxylic acids is 1. The maximum Gasteiger partial charge on any atom is 0.244 e. The van der Waals surface area contributed by atoms with Gasteiger partial charge in [-0.2, -0.15) is 0 Å². The highest BCUT2D eigenvalue weighted by Gasteiger charge is 2.29. The number of fused-ring (bicyclic) bond motifs is 1. The molecule has 0 bridgehead atoms. The second-order valence-corrected chi connectivity index (χ2v) is 5.38. The van der Waals surface area contributed by atoms with Crippen molar-refractivity contribution in [2.75, 3.05) is 31.7 Å². The highest BCUT2D eigenvalue weighted by Crippen LogP contribution is 2.38. The molecule has 2 aliphatic rings. The monoisotopic (exact) mass is 312 g/mol. The van der Waals surface area contributed by atoms with Crippen molar-refractivity contribution < 1.29 is 19.0 Å². The molecule has 1 fully saturated rings. The molecule has 2 heterocycles. The molecule has 0 radical (unpaired) electrons. The molecule has 1 saturated heterocycles. The highest BCUT2D eigenvalue weighted by atomic mass is 35.5. The average molecular weight is 313 g/mol. The SMILES string of the molecule is C[C@H]1OCCN[C@@H]1C(=O)Nc1cc2c(cc1Cl)OCCO2. The predicted molar refractivity (Wildman–Crippen MR) is 78.3 cm³/mol. The van der Waals surface area contributed by atoms with Crippen molar-refractivity contribution in [3.63, 3.8) is 0 Å². The number of halogens is 1. The van der Waals surface area contributed by atoms with Crippen molar-refractivity contribution in [2.45, 2.75) is 19.1 Å². The number of amides is 1. The summed E-state index contributed by atoms with van der Waals surface area (Å²) in [5, 5.41) is 6.36. The lowest BCUT2D eigenvalue weighted by atomic mass is 10.1. The number of carbonyl (C=O) groups is 1. The van der Waals surface area contributed by atoms with Crippen molar-refractivity contribution in [1.82, 2.24) is 5.32 Å². The number of anilines is 1. The van der Waals surface area contributed by atoms with Gasteiger partial charge in [0.2, 0.25) is 5.91 Å². The standard InChI is InChI=1S/C14H17ClN2O4/c1-8-13(16-2-3-19-8)14(18)17-10-7-12-11(6-9(10)15)20-4-5-21-12/h6-8,13,16H,2-5H2,1H3,(H,17,18)/t8-,13+/m1/s1. The molecule has 2 atom stereocenters. The Balaban J connectivity index is 1.76. The van der Waals surface area contributed by atoms with Gasteiger partial charge in [0.25, 0.3) is 0 Å². The maximum atomic E-state index is 12.3. The van der Waals surface area contributed by atoms with E-state index in [9.17, 15) is 4.79 Å². The zero-order valence-corrected chi connectivity index (χ0v) is 12.4. The lowest BCUT2D eigenvalue weighted by Crippen LogP contribution is -2.53. The van der Waals surface area contributed by atoms with Gasteiger partial charge in [-0.25, -0.2) is 0 Å². The molecule has 21 heavy (non-hydrogen) atoms. The molecule has 114 valence electrons. The summed E-state index contributed by atoms with van der Waals surface area (Å²) in [5.74, 6) is 0.999. The summed E-state index contributed by atoms with van der Waals surface area (Å²) < 4.78 is 16.4. The van der Waals surface area contributed by atoms with Crippen molar-refractivity contribution >= 4 is 23.2 Å². The third-order valence-electron chi connectivity index (χ3n) is 3.49. The van der Waals surface area contributed by atoms with Crippen molar-refractivity contribution in [1.29, 1.82) is 0 Å². The number of hydrogen-bond donors (Lipinski definition) is 2. The Morgan fingerprint density at radius 1 is 1.29 bits per heavy atom. The zero-order valence-electron chi connectivity index (χ0n) is 11.6. The van der Waals surface area contributed by atoms with Crippen LogP contribution in [0.4, 0.5) is 5.69 Å².